The van der Waals surface area contributed by atoms with Gasteiger partial charge in [-0.05, 0) is 44.6 Å². The van der Waals surface area contributed by atoms with E-state index in [1.165, 1.54) is 12.5 Å². The van der Waals surface area contributed by atoms with E-state index in [9.17, 15) is 15.0 Å². The molecule has 0 bridgehead atoms. The average Bonchev–Trinajstić information content (AvgIpc) is 3.12. The monoisotopic (exact) mass is 345 g/mol. The highest BCUT2D eigenvalue weighted by molar-refractivity contribution is 5.82. The molecule has 1 heterocycles. The minimum absolute atomic E-state index is 0.0772. The molecule has 0 saturated carbocycles. The number of carbonyl (C=O) groups is 1. The second-order valence-electron chi connectivity index (χ2n) is 6.76. The Morgan fingerprint density at radius 1 is 1.32 bits per heavy atom. The van der Waals surface area contributed by atoms with Crippen molar-refractivity contribution in [2.45, 2.75) is 56.7 Å². The van der Waals surface area contributed by atoms with E-state index in [0.717, 1.165) is 12.2 Å². The lowest BCUT2D eigenvalue weighted by Crippen LogP contribution is -2.41. The van der Waals surface area contributed by atoms with Gasteiger partial charge in [0.05, 0.1) is 6.10 Å². The first kappa shape index (κ1) is 19.1. The molecule has 1 aromatic carbocycles. The maximum Gasteiger partial charge on any atom is 0.249 e. The van der Waals surface area contributed by atoms with Gasteiger partial charge < -0.3 is 20.9 Å². The van der Waals surface area contributed by atoms with E-state index < -0.39 is 17.6 Å². The van der Waals surface area contributed by atoms with Gasteiger partial charge in [-0.25, -0.2) is 4.98 Å². The van der Waals surface area contributed by atoms with Gasteiger partial charge in [0.25, 0.3) is 0 Å². The summed E-state index contributed by atoms with van der Waals surface area (Å²) in [4.78, 5) is 18.6. The van der Waals surface area contributed by atoms with Gasteiger partial charge in [0, 0.05) is 18.3 Å². The normalized spacial score (nSPS) is 16.1. The smallest absolute Gasteiger partial charge is 0.249 e. The number of aliphatic hydroxyl groups excluding tert-OH is 1. The van der Waals surface area contributed by atoms with Gasteiger partial charge in [-0.15, -0.1) is 0 Å². The molecular weight excluding hydrogens is 318 g/mol. The van der Waals surface area contributed by atoms with E-state index in [1.54, 1.807) is 12.4 Å². The van der Waals surface area contributed by atoms with Crippen molar-refractivity contribution >= 4 is 5.91 Å². The fourth-order valence-electron chi connectivity index (χ4n) is 2.87. The number of hydrogen-bond donors (Lipinski definition) is 4. The summed E-state index contributed by atoms with van der Waals surface area (Å²) in [5.74, 6) is -0.0686. The third-order valence-corrected chi connectivity index (χ3v) is 4.58. The van der Waals surface area contributed by atoms with Gasteiger partial charge >= 0.3 is 0 Å². The van der Waals surface area contributed by atoms with Gasteiger partial charge in [0.2, 0.25) is 5.91 Å². The summed E-state index contributed by atoms with van der Waals surface area (Å²) in [5, 5.41) is 20.5. The number of aryl methyl sites for hydroxylation is 1. The molecule has 136 valence electrons. The minimum Gasteiger partial charge on any atom is -0.393 e. The Labute approximate surface area is 148 Å². The van der Waals surface area contributed by atoms with Crippen molar-refractivity contribution in [3.05, 3.63) is 54.1 Å². The Hall–Kier alpha value is -2.18. The van der Waals surface area contributed by atoms with Crippen LogP contribution in [0.2, 0.25) is 0 Å². The molecule has 0 saturated heterocycles. The molecule has 0 aliphatic rings. The van der Waals surface area contributed by atoms with Crippen LogP contribution in [0.4, 0.5) is 0 Å². The molecule has 0 radical (unpaired) electrons. The molecule has 1 amide bonds. The summed E-state index contributed by atoms with van der Waals surface area (Å²) in [6.07, 6.45) is 5.57. The number of aromatic nitrogens is 2. The molecule has 1 unspecified atom stereocenters. The number of benzene rings is 1. The fourth-order valence-corrected chi connectivity index (χ4v) is 2.87. The number of primary amides is 1. The standard InChI is InChI=1S/C19H27N3O3/c1-19(25,18(20)24)10-9-15(17-21-11-12-22-17)13-16(23)8-7-14-5-3-2-4-6-14/h2-6,11-12,15-16,23,25H,7-10,13H2,1H3,(H2,20,24)(H,21,22)/t15-,16+,19?/m1/s1. The third-order valence-electron chi connectivity index (χ3n) is 4.58. The van der Waals surface area contributed by atoms with Crippen LogP contribution in [-0.4, -0.2) is 37.8 Å². The first-order valence-electron chi connectivity index (χ1n) is 8.62. The number of imidazole rings is 1. The Morgan fingerprint density at radius 3 is 2.64 bits per heavy atom. The van der Waals surface area contributed by atoms with Crippen LogP contribution in [0.15, 0.2) is 42.7 Å². The predicted octanol–water partition coefficient (Wildman–Crippen LogP) is 1.89. The Bertz CT molecular complexity index is 641. The van der Waals surface area contributed by atoms with Crippen molar-refractivity contribution in [1.82, 2.24) is 9.97 Å². The lowest BCUT2D eigenvalue weighted by atomic mass is 9.88. The predicted molar refractivity (Wildman–Crippen MR) is 95.8 cm³/mol. The summed E-state index contributed by atoms with van der Waals surface area (Å²) >= 11 is 0. The average molecular weight is 345 g/mol. The molecule has 0 aliphatic carbocycles. The van der Waals surface area contributed by atoms with E-state index in [2.05, 4.69) is 9.97 Å². The van der Waals surface area contributed by atoms with Crippen LogP contribution >= 0.6 is 0 Å². The molecule has 6 nitrogen and oxygen atoms in total. The SMILES string of the molecule is CC(O)(CC[C@H](C[C@@H](O)CCc1ccccc1)c1ncc[nH]1)C(N)=O. The van der Waals surface area contributed by atoms with Crippen LogP contribution in [-0.2, 0) is 11.2 Å². The summed E-state index contributed by atoms with van der Waals surface area (Å²) in [6, 6.07) is 10.0. The van der Waals surface area contributed by atoms with Crippen molar-refractivity contribution in [3.63, 3.8) is 0 Å². The summed E-state index contributed by atoms with van der Waals surface area (Å²) in [7, 11) is 0. The van der Waals surface area contributed by atoms with E-state index in [-0.39, 0.29) is 12.3 Å². The van der Waals surface area contributed by atoms with Crippen LogP contribution in [0.25, 0.3) is 0 Å². The number of nitrogens with zero attached hydrogens (tertiary/aromatic N) is 1. The van der Waals surface area contributed by atoms with E-state index in [1.807, 2.05) is 30.3 Å². The van der Waals surface area contributed by atoms with Gasteiger partial charge in [-0.1, -0.05) is 30.3 Å². The van der Waals surface area contributed by atoms with Gasteiger partial charge in [0.1, 0.15) is 11.4 Å². The first-order chi connectivity index (χ1) is 11.9. The molecule has 0 spiro atoms. The quantitative estimate of drug-likeness (QED) is 0.527. The summed E-state index contributed by atoms with van der Waals surface area (Å²) in [5.41, 5.74) is 4.86. The van der Waals surface area contributed by atoms with E-state index in [4.69, 9.17) is 5.73 Å². The number of amides is 1. The molecule has 6 heteroatoms. The molecule has 3 atom stereocenters. The summed E-state index contributed by atoms with van der Waals surface area (Å²) < 4.78 is 0. The maximum atomic E-state index is 11.3. The highest BCUT2D eigenvalue weighted by atomic mass is 16.3. The number of hydrogen-bond acceptors (Lipinski definition) is 4. The number of aliphatic hydroxyl groups is 2. The third kappa shape index (κ3) is 5.99. The zero-order valence-electron chi connectivity index (χ0n) is 14.6. The zero-order valence-corrected chi connectivity index (χ0v) is 14.6. The Kier molecular flexibility index (Phi) is 6.73. The highest BCUT2D eigenvalue weighted by Gasteiger charge is 2.30. The zero-order chi connectivity index (χ0) is 18.3. The van der Waals surface area contributed by atoms with Crippen LogP contribution in [0, 0.1) is 0 Å². The number of aromatic amines is 1. The number of rotatable bonds is 10. The van der Waals surface area contributed by atoms with Crippen LogP contribution in [0.3, 0.4) is 0 Å². The first-order valence-corrected chi connectivity index (χ1v) is 8.62. The fraction of sp³-hybridized carbons (Fsp3) is 0.474. The molecular formula is C19H27N3O3. The van der Waals surface area contributed by atoms with Crippen molar-refractivity contribution in [2.75, 3.05) is 0 Å². The molecule has 0 fully saturated rings. The van der Waals surface area contributed by atoms with Crippen LogP contribution in [0.5, 0.6) is 0 Å². The number of H-pyrrole nitrogens is 1. The second kappa shape index (κ2) is 8.78. The van der Waals surface area contributed by atoms with E-state index >= 15 is 0 Å². The molecule has 5 N–H and O–H groups in total. The molecule has 0 aliphatic heterocycles. The van der Waals surface area contributed by atoms with Gasteiger partial charge in [-0.2, -0.15) is 0 Å². The minimum atomic E-state index is -1.56. The topological polar surface area (TPSA) is 112 Å². The lowest BCUT2D eigenvalue weighted by molar-refractivity contribution is -0.135. The molecule has 2 aromatic rings. The highest BCUT2D eigenvalue weighted by Crippen LogP contribution is 2.28. The lowest BCUT2D eigenvalue weighted by Gasteiger charge is -2.24. The molecule has 2 rings (SSSR count). The Morgan fingerprint density at radius 2 is 2.04 bits per heavy atom. The van der Waals surface area contributed by atoms with Crippen molar-refractivity contribution in [3.8, 4) is 0 Å². The number of nitrogens with two attached hydrogens (primary N) is 1. The Balaban J connectivity index is 1.93. The van der Waals surface area contributed by atoms with Crippen molar-refractivity contribution in [1.29, 1.82) is 0 Å². The van der Waals surface area contributed by atoms with Crippen LogP contribution < -0.4 is 5.73 Å². The van der Waals surface area contributed by atoms with Gasteiger partial charge in [-0.3, -0.25) is 4.79 Å². The molecule has 25 heavy (non-hydrogen) atoms. The number of nitrogens with one attached hydrogen (secondary N) is 1. The van der Waals surface area contributed by atoms with E-state index in [0.29, 0.717) is 19.3 Å². The van der Waals surface area contributed by atoms with Gasteiger partial charge in [0.15, 0.2) is 0 Å². The maximum absolute atomic E-state index is 11.3. The van der Waals surface area contributed by atoms with Crippen molar-refractivity contribution in [2.24, 2.45) is 5.73 Å². The summed E-state index contributed by atoms with van der Waals surface area (Å²) in [6.45, 7) is 1.42. The van der Waals surface area contributed by atoms with Crippen LogP contribution in [0.1, 0.15) is 49.9 Å². The second-order valence-corrected chi connectivity index (χ2v) is 6.76. The van der Waals surface area contributed by atoms with Crippen molar-refractivity contribution < 1.29 is 15.0 Å². The largest absolute Gasteiger partial charge is 0.393 e. The number of carbonyl (C=O) groups excluding carboxylic acids is 1. The molecule has 1 aromatic heterocycles.